The molecular weight excluding hydrogens is 370 g/mol. The lowest BCUT2D eigenvalue weighted by atomic mass is 10.0. The van der Waals surface area contributed by atoms with Gasteiger partial charge in [0.05, 0.1) is 4.90 Å². The summed E-state index contributed by atoms with van der Waals surface area (Å²) in [6.07, 6.45) is 0.486. The van der Waals surface area contributed by atoms with Crippen molar-refractivity contribution in [3.8, 4) is 10.4 Å². The number of nitrogens with two attached hydrogens (primary N) is 1. The van der Waals surface area contributed by atoms with Crippen LogP contribution in [-0.2, 0) is 10.0 Å². The van der Waals surface area contributed by atoms with Crippen molar-refractivity contribution < 1.29 is 13.2 Å². The molecule has 6 nitrogen and oxygen atoms in total. The number of rotatable bonds is 6. The van der Waals surface area contributed by atoms with Crippen molar-refractivity contribution in [1.29, 1.82) is 0 Å². The number of nitrogens with one attached hydrogen (secondary N) is 1. The number of sulfonamides is 1. The maximum Gasteiger partial charge on any atom is 0.238 e. The van der Waals surface area contributed by atoms with E-state index < -0.39 is 10.0 Å². The molecule has 3 rings (SSSR count). The number of carbonyl (C=O) groups is 1. The highest BCUT2D eigenvalue weighted by atomic mass is 32.2. The molecule has 1 aromatic carbocycles. The second-order valence-electron chi connectivity index (χ2n) is 6.46. The van der Waals surface area contributed by atoms with Gasteiger partial charge in [0.15, 0.2) is 5.78 Å². The monoisotopic (exact) mass is 393 g/mol. The van der Waals surface area contributed by atoms with Crippen LogP contribution in [0.4, 0.5) is 0 Å². The molecule has 8 heteroatoms. The number of benzene rings is 1. The summed E-state index contributed by atoms with van der Waals surface area (Å²) in [4.78, 5) is 16.1. The fourth-order valence-corrected chi connectivity index (χ4v) is 4.71. The molecule has 0 radical (unpaired) electrons. The lowest BCUT2D eigenvalue weighted by Crippen LogP contribution is -2.44. The molecule has 140 valence electrons. The number of piperazine rings is 1. The Morgan fingerprint density at radius 1 is 1.23 bits per heavy atom. The number of primary sulfonamides is 1. The number of carbonyl (C=O) groups excluding carboxylic acids is 1. The van der Waals surface area contributed by atoms with Crippen LogP contribution in [0.15, 0.2) is 34.5 Å². The second-order valence-corrected chi connectivity index (χ2v) is 8.90. The molecular formula is C18H23N3O3S2. The van der Waals surface area contributed by atoms with Gasteiger partial charge in [-0.2, -0.15) is 0 Å². The fourth-order valence-electron chi connectivity index (χ4n) is 3.12. The van der Waals surface area contributed by atoms with Crippen LogP contribution in [0.2, 0.25) is 0 Å². The predicted molar refractivity (Wildman–Crippen MR) is 104 cm³/mol. The van der Waals surface area contributed by atoms with E-state index in [4.69, 9.17) is 5.14 Å². The number of nitrogens with zero attached hydrogens (tertiary/aromatic N) is 1. The Morgan fingerprint density at radius 2 is 1.88 bits per heavy atom. The van der Waals surface area contributed by atoms with E-state index >= 15 is 0 Å². The third kappa shape index (κ3) is 4.39. The smallest absolute Gasteiger partial charge is 0.238 e. The summed E-state index contributed by atoms with van der Waals surface area (Å²) < 4.78 is 22.8. The third-order valence-electron chi connectivity index (χ3n) is 4.56. The lowest BCUT2D eigenvalue weighted by Gasteiger charge is -2.26. The maximum absolute atomic E-state index is 12.8. The van der Waals surface area contributed by atoms with Crippen LogP contribution >= 0.6 is 11.3 Å². The molecule has 1 fully saturated rings. The Hall–Kier alpha value is -1.58. The normalized spacial score (nSPS) is 15.9. The molecule has 0 spiro atoms. The van der Waals surface area contributed by atoms with Gasteiger partial charge < -0.3 is 10.2 Å². The Morgan fingerprint density at radius 3 is 2.50 bits per heavy atom. The molecule has 0 atom stereocenters. The van der Waals surface area contributed by atoms with Crippen LogP contribution in [0.25, 0.3) is 10.4 Å². The zero-order valence-electron chi connectivity index (χ0n) is 14.7. The molecule has 0 aliphatic carbocycles. The summed E-state index contributed by atoms with van der Waals surface area (Å²) in [6.45, 7) is 6.58. The van der Waals surface area contributed by atoms with Crippen molar-refractivity contribution in [2.45, 2.75) is 18.2 Å². The molecule has 0 bridgehead atoms. The highest BCUT2D eigenvalue weighted by Crippen LogP contribution is 2.34. The number of ketones is 1. The van der Waals surface area contributed by atoms with Gasteiger partial charge in [0, 0.05) is 49.6 Å². The van der Waals surface area contributed by atoms with Crippen molar-refractivity contribution in [1.82, 2.24) is 10.2 Å². The summed E-state index contributed by atoms with van der Waals surface area (Å²) in [5.41, 5.74) is 2.54. The highest BCUT2D eigenvalue weighted by molar-refractivity contribution is 7.89. The molecule has 2 heterocycles. The minimum Gasteiger partial charge on any atom is -0.314 e. The van der Waals surface area contributed by atoms with E-state index in [1.54, 1.807) is 12.1 Å². The van der Waals surface area contributed by atoms with Crippen molar-refractivity contribution in [2.75, 3.05) is 32.7 Å². The Bertz CT molecular complexity index is 883. The Balaban J connectivity index is 1.78. The lowest BCUT2D eigenvalue weighted by molar-refractivity contribution is 0.0961. The minimum atomic E-state index is -3.72. The number of thiophene rings is 1. The highest BCUT2D eigenvalue weighted by Gasteiger charge is 2.20. The molecule has 0 amide bonds. The van der Waals surface area contributed by atoms with E-state index in [2.05, 4.69) is 10.2 Å². The van der Waals surface area contributed by atoms with Crippen LogP contribution in [0.5, 0.6) is 0 Å². The predicted octanol–water partition coefficient (Wildman–Crippen LogP) is 1.85. The third-order valence-corrected chi connectivity index (χ3v) is 6.64. The number of Topliss-reactive ketones (excluding diaryl/α,β-unsaturated/α-hetero) is 1. The molecule has 2 aromatic rings. The quantitative estimate of drug-likeness (QED) is 0.731. The summed E-state index contributed by atoms with van der Waals surface area (Å²) in [5.74, 6) is 0.132. The number of hydrogen-bond acceptors (Lipinski definition) is 6. The van der Waals surface area contributed by atoms with Gasteiger partial charge >= 0.3 is 0 Å². The molecule has 26 heavy (non-hydrogen) atoms. The van der Waals surface area contributed by atoms with E-state index in [1.165, 1.54) is 23.5 Å². The van der Waals surface area contributed by atoms with Crippen molar-refractivity contribution in [3.63, 3.8) is 0 Å². The largest absolute Gasteiger partial charge is 0.314 e. The molecule has 1 aliphatic rings. The molecule has 0 unspecified atom stereocenters. The number of aryl methyl sites for hydroxylation is 1. The zero-order chi connectivity index (χ0) is 18.7. The Kier molecular flexibility index (Phi) is 5.89. The summed E-state index contributed by atoms with van der Waals surface area (Å²) in [6, 6.07) is 6.37. The van der Waals surface area contributed by atoms with Crippen LogP contribution in [0, 0.1) is 6.92 Å². The molecule has 3 N–H and O–H groups in total. The fraction of sp³-hybridized carbons (Fsp3) is 0.389. The van der Waals surface area contributed by atoms with E-state index in [9.17, 15) is 13.2 Å². The van der Waals surface area contributed by atoms with Gasteiger partial charge in [0.2, 0.25) is 10.0 Å². The van der Waals surface area contributed by atoms with Gasteiger partial charge in [0.1, 0.15) is 0 Å². The van der Waals surface area contributed by atoms with Gasteiger partial charge in [0.25, 0.3) is 0 Å². The van der Waals surface area contributed by atoms with E-state index in [0.717, 1.165) is 54.3 Å². The van der Waals surface area contributed by atoms with E-state index in [1.807, 2.05) is 12.3 Å². The standard InChI is InChI=1S/C18H23N3O3S2/c1-13-12-25-18(14-2-4-15(5-3-14)26(19,23)24)17(13)16(22)6-9-21-10-7-20-8-11-21/h2-5,12,20H,6-11H2,1H3,(H2,19,23,24). The first-order valence-electron chi connectivity index (χ1n) is 8.54. The Labute approximate surface area is 158 Å². The average molecular weight is 394 g/mol. The molecule has 1 aliphatic heterocycles. The van der Waals surface area contributed by atoms with Crippen LogP contribution < -0.4 is 10.5 Å². The summed E-state index contributed by atoms with van der Waals surface area (Å²) >= 11 is 1.51. The molecule has 1 saturated heterocycles. The number of hydrogen-bond donors (Lipinski definition) is 2. The minimum absolute atomic E-state index is 0.0705. The van der Waals surface area contributed by atoms with Gasteiger partial charge in [-0.05, 0) is 35.6 Å². The van der Waals surface area contributed by atoms with Crippen molar-refractivity contribution in [2.24, 2.45) is 5.14 Å². The summed E-state index contributed by atoms with van der Waals surface area (Å²) in [5, 5.41) is 10.4. The zero-order valence-corrected chi connectivity index (χ0v) is 16.3. The average Bonchev–Trinajstić information content (AvgIpc) is 3.01. The topological polar surface area (TPSA) is 92.5 Å². The first kappa shape index (κ1) is 19.2. The maximum atomic E-state index is 12.8. The van der Waals surface area contributed by atoms with E-state index in [0.29, 0.717) is 6.42 Å². The van der Waals surface area contributed by atoms with Crippen molar-refractivity contribution >= 4 is 27.1 Å². The van der Waals surface area contributed by atoms with Gasteiger partial charge in [-0.15, -0.1) is 11.3 Å². The second kappa shape index (κ2) is 7.98. The first-order valence-corrected chi connectivity index (χ1v) is 11.0. The SMILES string of the molecule is Cc1csc(-c2ccc(S(N)(=O)=O)cc2)c1C(=O)CCN1CCNCC1. The molecule has 0 saturated carbocycles. The van der Waals surface area contributed by atoms with Crippen LogP contribution in [0.1, 0.15) is 22.3 Å². The molecule has 1 aromatic heterocycles. The van der Waals surface area contributed by atoms with Crippen LogP contribution in [0.3, 0.4) is 0 Å². The summed E-state index contributed by atoms with van der Waals surface area (Å²) in [7, 11) is -3.72. The van der Waals surface area contributed by atoms with Gasteiger partial charge in [-0.3, -0.25) is 4.79 Å². The van der Waals surface area contributed by atoms with Crippen LogP contribution in [-0.4, -0.2) is 51.8 Å². The van der Waals surface area contributed by atoms with Gasteiger partial charge in [-0.1, -0.05) is 12.1 Å². The first-order chi connectivity index (χ1) is 12.4. The van der Waals surface area contributed by atoms with Gasteiger partial charge in [-0.25, -0.2) is 13.6 Å². The van der Waals surface area contributed by atoms with E-state index in [-0.39, 0.29) is 10.7 Å². The van der Waals surface area contributed by atoms with Crippen molar-refractivity contribution in [3.05, 3.63) is 40.8 Å².